The molecule has 0 aliphatic carbocycles. The summed E-state index contributed by atoms with van der Waals surface area (Å²) in [6.45, 7) is -0.0721. The van der Waals surface area contributed by atoms with Gasteiger partial charge in [0.25, 0.3) is 0 Å². The Labute approximate surface area is 167 Å². The van der Waals surface area contributed by atoms with Crippen LogP contribution >= 0.6 is 0 Å². The summed E-state index contributed by atoms with van der Waals surface area (Å²) in [6.07, 6.45) is 2.88. The number of hydrogen-bond acceptors (Lipinski definition) is 7. The Morgan fingerprint density at radius 3 is 2.41 bits per heavy atom. The van der Waals surface area contributed by atoms with Crippen LogP contribution < -0.4 is 19.8 Å². The summed E-state index contributed by atoms with van der Waals surface area (Å²) in [5.74, 6) is 1.21. The summed E-state index contributed by atoms with van der Waals surface area (Å²) in [4.78, 5) is 23.9. The van der Waals surface area contributed by atoms with Gasteiger partial charge in [-0.05, 0) is 30.3 Å². The average molecular weight is 396 g/mol. The van der Waals surface area contributed by atoms with Gasteiger partial charge in [-0.25, -0.2) is 9.59 Å². The summed E-state index contributed by atoms with van der Waals surface area (Å²) < 4.78 is 26.0. The maximum atomic E-state index is 12.1. The molecule has 0 fully saturated rings. The van der Waals surface area contributed by atoms with Crippen LogP contribution in [0.15, 0.2) is 57.8 Å². The van der Waals surface area contributed by atoms with Crippen molar-refractivity contribution >= 4 is 23.0 Å². The number of hydrogen-bond donors (Lipinski definition) is 0. The van der Waals surface area contributed by atoms with Crippen LogP contribution in [-0.2, 0) is 16.1 Å². The molecule has 150 valence electrons. The predicted molar refractivity (Wildman–Crippen MR) is 107 cm³/mol. The Morgan fingerprint density at radius 1 is 0.966 bits per heavy atom. The molecule has 0 amide bonds. The van der Waals surface area contributed by atoms with Gasteiger partial charge in [-0.2, -0.15) is 0 Å². The van der Waals surface area contributed by atoms with Crippen molar-refractivity contribution < 1.29 is 28.2 Å². The minimum Gasteiger partial charge on any atom is -0.497 e. The van der Waals surface area contributed by atoms with Crippen LogP contribution in [0.25, 0.3) is 17.0 Å². The Bertz CT molecular complexity index is 1110. The van der Waals surface area contributed by atoms with E-state index >= 15 is 0 Å². The highest BCUT2D eigenvalue weighted by Crippen LogP contribution is 2.26. The maximum Gasteiger partial charge on any atom is 0.336 e. The molecule has 0 unspecified atom stereocenters. The number of esters is 1. The third kappa shape index (κ3) is 4.76. The summed E-state index contributed by atoms with van der Waals surface area (Å²) >= 11 is 0. The average Bonchev–Trinajstić information content (AvgIpc) is 2.75. The summed E-state index contributed by atoms with van der Waals surface area (Å²) in [5.41, 5.74) is 1.07. The molecule has 0 aliphatic rings. The molecule has 2 aromatic carbocycles. The van der Waals surface area contributed by atoms with Gasteiger partial charge in [-0.1, -0.05) is 0 Å². The van der Waals surface area contributed by atoms with Gasteiger partial charge >= 0.3 is 11.6 Å². The predicted octanol–water partition coefficient (Wildman–Crippen LogP) is 3.58. The number of carbonyl (C=O) groups excluding carboxylic acids is 1. The van der Waals surface area contributed by atoms with Crippen LogP contribution in [-0.4, -0.2) is 27.3 Å². The second kappa shape index (κ2) is 8.97. The molecule has 0 saturated heterocycles. The molecule has 0 saturated carbocycles. The lowest BCUT2D eigenvalue weighted by atomic mass is 10.1. The highest BCUT2D eigenvalue weighted by atomic mass is 16.5. The van der Waals surface area contributed by atoms with E-state index in [0.717, 1.165) is 0 Å². The maximum absolute atomic E-state index is 12.1. The number of fused-ring (bicyclic) bond motifs is 1. The zero-order chi connectivity index (χ0) is 20.8. The molecule has 0 N–H and O–H groups in total. The SMILES string of the molecule is COc1ccc(/C=C/C(=O)OCc2cc(=O)oc3cc(OC)ccc23)c(OC)c1. The van der Waals surface area contributed by atoms with Gasteiger partial charge in [0.2, 0.25) is 0 Å². The van der Waals surface area contributed by atoms with Crippen molar-refractivity contribution in [3.8, 4) is 17.2 Å². The minimum absolute atomic E-state index is 0.0721. The Balaban J connectivity index is 1.74. The Kier molecular flexibility index (Phi) is 6.19. The van der Waals surface area contributed by atoms with Crippen molar-refractivity contribution in [3.63, 3.8) is 0 Å². The number of benzene rings is 2. The quantitative estimate of drug-likeness (QED) is 0.343. The molecular formula is C22H20O7. The molecule has 3 rings (SSSR count). The van der Waals surface area contributed by atoms with E-state index in [2.05, 4.69) is 0 Å². The van der Waals surface area contributed by atoms with E-state index in [9.17, 15) is 9.59 Å². The van der Waals surface area contributed by atoms with E-state index in [0.29, 0.717) is 39.3 Å². The molecule has 1 heterocycles. The van der Waals surface area contributed by atoms with Gasteiger partial charge in [-0.15, -0.1) is 0 Å². The highest BCUT2D eigenvalue weighted by Gasteiger charge is 2.09. The van der Waals surface area contributed by atoms with Crippen LogP contribution in [0.4, 0.5) is 0 Å². The first kappa shape index (κ1) is 20.0. The second-order valence-corrected chi connectivity index (χ2v) is 6.00. The van der Waals surface area contributed by atoms with Gasteiger partial charge in [0.15, 0.2) is 0 Å². The first-order valence-corrected chi connectivity index (χ1v) is 8.71. The van der Waals surface area contributed by atoms with Crippen LogP contribution in [0.5, 0.6) is 17.2 Å². The summed E-state index contributed by atoms with van der Waals surface area (Å²) in [6, 6.07) is 11.6. The minimum atomic E-state index is -0.558. The molecular weight excluding hydrogens is 376 g/mol. The molecule has 0 aliphatic heterocycles. The lowest BCUT2D eigenvalue weighted by Gasteiger charge is -2.08. The lowest BCUT2D eigenvalue weighted by molar-refractivity contribution is -0.138. The fraction of sp³-hybridized carbons (Fsp3) is 0.182. The van der Waals surface area contributed by atoms with Gasteiger partial charge in [0.05, 0.1) is 21.3 Å². The van der Waals surface area contributed by atoms with Gasteiger partial charge < -0.3 is 23.4 Å². The first-order valence-electron chi connectivity index (χ1n) is 8.71. The fourth-order valence-electron chi connectivity index (χ4n) is 2.77. The second-order valence-electron chi connectivity index (χ2n) is 6.00. The van der Waals surface area contributed by atoms with Crippen molar-refractivity contribution in [2.45, 2.75) is 6.61 Å². The van der Waals surface area contributed by atoms with Crippen LogP contribution in [0.3, 0.4) is 0 Å². The van der Waals surface area contributed by atoms with E-state index in [1.54, 1.807) is 49.6 Å². The highest BCUT2D eigenvalue weighted by molar-refractivity contribution is 5.88. The van der Waals surface area contributed by atoms with Crippen molar-refractivity contribution in [3.05, 3.63) is 70.1 Å². The van der Waals surface area contributed by atoms with Crippen molar-refractivity contribution in [1.29, 1.82) is 0 Å². The molecule has 3 aromatic rings. The Morgan fingerprint density at radius 2 is 1.69 bits per heavy atom. The van der Waals surface area contributed by atoms with Crippen molar-refractivity contribution in [1.82, 2.24) is 0 Å². The molecule has 1 aromatic heterocycles. The monoisotopic (exact) mass is 396 g/mol. The smallest absolute Gasteiger partial charge is 0.336 e. The van der Waals surface area contributed by atoms with E-state index in [4.69, 9.17) is 23.4 Å². The van der Waals surface area contributed by atoms with Crippen LogP contribution in [0.2, 0.25) is 0 Å². The van der Waals surface area contributed by atoms with Crippen LogP contribution in [0, 0.1) is 0 Å². The third-order valence-electron chi connectivity index (χ3n) is 4.25. The van der Waals surface area contributed by atoms with Gasteiger partial charge in [0, 0.05) is 40.8 Å². The molecule has 0 atom stereocenters. The van der Waals surface area contributed by atoms with Crippen molar-refractivity contribution in [2.75, 3.05) is 21.3 Å². The van der Waals surface area contributed by atoms with E-state index in [-0.39, 0.29) is 6.61 Å². The Hall–Kier alpha value is -3.74. The molecule has 0 spiro atoms. The topological polar surface area (TPSA) is 84.2 Å². The zero-order valence-electron chi connectivity index (χ0n) is 16.3. The lowest BCUT2D eigenvalue weighted by Crippen LogP contribution is -2.05. The van der Waals surface area contributed by atoms with Crippen LogP contribution in [0.1, 0.15) is 11.1 Å². The standard InChI is InChI=1S/C22H20O7/c1-25-16-6-4-14(19(11-16)27-3)5-9-21(23)28-13-15-10-22(24)29-20-12-17(26-2)7-8-18(15)20/h4-12H,13H2,1-3H3/b9-5+. The largest absolute Gasteiger partial charge is 0.497 e. The zero-order valence-corrected chi connectivity index (χ0v) is 16.3. The van der Waals surface area contributed by atoms with E-state index < -0.39 is 11.6 Å². The van der Waals surface area contributed by atoms with E-state index in [1.807, 2.05) is 0 Å². The summed E-state index contributed by atoms with van der Waals surface area (Å²) in [7, 11) is 4.62. The molecule has 7 nitrogen and oxygen atoms in total. The fourth-order valence-corrected chi connectivity index (χ4v) is 2.77. The van der Waals surface area contributed by atoms with Gasteiger partial charge in [-0.3, -0.25) is 0 Å². The summed E-state index contributed by atoms with van der Waals surface area (Å²) in [5, 5.41) is 0.666. The number of carbonyl (C=O) groups is 1. The molecule has 0 bridgehead atoms. The van der Waals surface area contributed by atoms with E-state index in [1.165, 1.54) is 26.4 Å². The first-order chi connectivity index (χ1) is 14.0. The number of ether oxygens (including phenoxy) is 4. The molecule has 29 heavy (non-hydrogen) atoms. The number of rotatable bonds is 7. The van der Waals surface area contributed by atoms with Gasteiger partial charge in [0.1, 0.15) is 29.4 Å². The number of methoxy groups -OCH3 is 3. The molecule has 0 radical (unpaired) electrons. The normalized spacial score (nSPS) is 10.9. The third-order valence-corrected chi connectivity index (χ3v) is 4.25. The molecule has 7 heteroatoms. The van der Waals surface area contributed by atoms with Crippen molar-refractivity contribution in [2.24, 2.45) is 0 Å².